The molecule has 1 fully saturated rings. The summed E-state index contributed by atoms with van der Waals surface area (Å²) in [5.74, 6) is 0.349. The molecule has 1 aliphatic rings. The van der Waals surface area contributed by atoms with Crippen molar-refractivity contribution in [2.75, 3.05) is 31.1 Å². The van der Waals surface area contributed by atoms with Crippen molar-refractivity contribution in [3.63, 3.8) is 0 Å². The minimum Gasteiger partial charge on any atom is -0.484 e. The highest BCUT2D eigenvalue weighted by atomic mass is 16.5. The van der Waals surface area contributed by atoms with E-state index in [2.05, 4.69) is 4.98 Å². The number of carbonyl (C=O) groups is 2. The van der Waals surface area contributed by atoms with Gasteiger partial charge in [0.25, 0.3) is 5.91 Å². The lowest BCUT2D eigenvalue weighted by Crippen LogP contribution is -2.53. The lowest BCUT2D eigenvalue weighted by Gasteiger charge is -2.34. The first-order chi connectivity index (χ1) is 11.6. The number of aryl methyl sites for hydroxylation is 1. The van der Waals surface area contributed by atoms with Gasteiger partial charge in [0.2, 0.25) is 5.91 Å². The molecule has 0 atom stereocenters. The molecular formula is C18H19N3O3. The topological polar surface area (TPSA) is 62.7 Å². The Hall–Kier alpha value is -2.89. The molecule has 2 amide bonds. The molecule has 6 heteroatoms. The molecule has 1 aromatic carbocycles. The molecule has 2 heterocycles. The van der Waals surface area contributed by atoms with Gasteiger partial charge in [-0.25, -0.2) is 0 Å². The third-order valence-corrected chi connectivity index (χ3v) is 3.91. The molecule has 1 aromatic heterocycles. The summed E-state index contributed by atoms with van der Waals surface area (Å²) in [5, 5.41) is 0. The summed E-state index contributed by atoms with van der Waals surface area (Å²) < 4.78 is 5.50. The predicted octanol–water partition coefficient (Wildman–Crippen LogP) is 1.64. The molecule has 0 unspecified atom stereocenters. The highest BCUT2D eigenvalue weighted by Gasteiger charge is 2.28. The number of aromatic nitrogens is 1. The third-order valence-electron chi connectivity index (χ3n) is 3.91. The Labute approximate surface area is 140 Å². The molecule has 24 heavy (non-hydrogen) atoms. The summed E-state index contributed by atoms with van der Waals surface area (Å²) in [6, 6.07) is 11.1. The van der Waals surface area contributed by atoms with Crippen LogP contribution in [-0.2, 0) is 9.59 Å². The molecule has 124 valence electrons. The summed E-state index contributed by atoms with van der Waals surface area (Å²) in [4.78, 5) is 31.7. The van der Waals surface area contributed by atoms with E-state index in [1.165, 1.54) is 4.90 Å². The van der Waals surface area contributed by atoms with Crippen LogP contribution < -0.4 is 9.64 Å². The monoisotopic (exact) mass is 325 g/mol. The van der Waals surface area contributed by atoms with E-state index < -0.39 is 0 Å². The standard InChI is InChI=1S/C18H19N3O3/c1-14-4-6-16(7-5-14)24-13-18(23)20-9-10-21(17(22)12-20)15-3-2-8-19-11-15/h2-8,11H,9-10,12-13H2,1H3. The smallest absolute Gasteiger partial charge is 0.261 e. The number of piperazine rings is 1. The van der Waals surface area contributed by atoms with Gasteiger partial charge in [0.05, 0.1) is 11.9 Å². The Morgan fingerprint density at radius 2 is 2.00 bits per heavy atom. The molecule has 6 nitrogen and oxygen atoms in total. The van der Waals surface area contributed by atoms with Crippen molar-refractivity contribution in [2.45, 2.75) is 6.92 Å². The van der Waals surface area contributed by atoms with Crippen molar-refractivity contribution in [1.29, 1.82) is 0 Å². The van der Waals surface area contributed by atoms with Gasteiger partial charge in [-0.3, -0.25) is 14.6 Å². The van der Waals surface area contributed by atoms with Gasteiger partial charge in [-0.05, 0) is 31.2 Å². The zero-order valence-corrected chi connectivity index (χ0v) is 13.5. The molecule has 3 rings (SSSR count). The Morgan fingerprint density at radius 3 is 2.67 bits per heavy atom. The number of amides is 2. The highest BCUT2D eigenvalue weighted by Crippen LogP contribution is 2.16. The van der Waals surface area contributed by atoms with Crippen LogP contribution in [0.3, 0.4) is 0 Å². The van der Waals surface area contributed by atoms with Crippen LogP contribution in [0.1, 0.15) is 5.56 Å². The van der Waals surface area contributed by atoms with Crippen molar-refractivity contribution in [3.05, 3.63) is 54.4 Å². The SMILES string of the molecule is Cc1ccc(OCC(=O)N2CCN(c3cccnc3)C(=O)C2)cc1. The van der Waals surface area contributed by atoms with Gasteiger partial charge in [-0.2, -0.15) is 0 Å². The van der Waals surface area contributed by atoms with Crippen LogP contribution in [0.25, 0.3) is 0 Å². The molecule has 0 N–H and O–H groups in total. The molecule has 0 bridgehead atoms. The maximum absolute atomic E-state index is 12.3. The van der Waals surface area contributed by atoms with E-state index in [0.717, 1.165) is 11.3 Å². The third kappa shape index (κ3) is 3.71. The molecule has 2 aromatic rings. The number of carbonyl (C=O) groups excluding carboxylic acids is 2. The number of benzene rings is 1. The zero-order chi connectivity index (χ0) is 16.9. The zero-order valence-electron chi connectivity index (χ0n) is 13.5. The van der Waals surface area contributed by atoms with E-state index in [4.69, 9.17) is 4.74 Å². The van der Waals surface area contributed by atoms with E-state index in [1.54, 1.807) is 23.4 Å². The fraction of sp³-hybridized carbons (Fsp3) is 0.278. The summed E-state index contributed by atoms with van der Waals surface area (Å²) in [6.07, 6.45) is 3.31. The first kappa shape index (κ1) is 16.0. The number of pyridine rings is 1. The Morgan fingerprint density at radius 1 is 1.21 bits per heavy atom. The predicted molar refractivity (Wildman–Crippen MR) is 89.8 cm³/mol. The average Bonchev–Trinajstić information content (AvgIpc) is 2.61. The second-order valence-electron chi connectivity index (χ2n) is 5.67. The van der Waals surface area contributed by atoms with Gasteiger partial charge in [0.1, 0.15) is 12.3 Å². The van der Waals surface area contributed by atoms with Gasteiger partial charge in [-0.15, -0.1) is 0 Å². The van der Waals surface area contributed by atoms with E-state index in [0.29, 0.717) is 18.8 Å². The fourth-order valence-corrected chi connectivity index (χ4v) is 2.54. The number of nitrogens with zero attached hydrogens (tertiary/aromatic N) is 3. The van der Waals surface area contributed by atoms with E-state index in [9.17, 15) is 9.59 Å². The van der Waals surface area contributed by atoms with E-state index in [1.807, 2.05) is 37.3 Å². The van der Waals surface area contributed by atoms with Crippen molar-refractivity contribution in [1.82, 2.24) is 9.88 Å². The molecule has 0 spiro atoms. The van der Waals surface area contributed by atoms with Crippen LogP contribution in [0.4, 0.5) is 5.69 Å². The van der Waals surface area contributed by atoms with Gasteiger partial charge in [0, 0.05) is 19.3 Å². The van der Waals surface area contributed by atoms with E-state index in [-0.39, 0.29) is 25.0 Å². The minimum absolute atomic E-state index is 0.0605. The number of rotatable bonds is 4. The largest absolute Gasteiger partial charge is 0.484 e. The summed E-state index contributed by atoms with van der Waals surface area (Å²) in [7, 11) is 0. The van der Waals surface area contributed by atoms with Crippen LogP contribution in [-0.4, -0.2) is 47.9 Å². The number of anilines is 1. The van der Waals surface area contributed by atoms with Gasteiger partial charge in [0.15, 0.2) is 6.61 Å². The van der Waals surface area contributed by atoms with Gasteiger partial charge < -0.3 is 14.5 Å². The molecule has 0 aliphatic carbocycles. The van der Waals surface area contributed by atoms with Gasteiger partial charge in [-0.1, -0.05) is 17.7 Å². The maximum Gasteiger partial charge on any atom is 0.261 e. The normalized spacial score (nSPS) is 14.6. The van der Waals surface area contributed by atoms with Crippen molar-refractivity contribution < 1.29 is 14.3 Å². The van der Waals surface area contributed by atoms with Crippen LogP contribution in [0.2, 0.25) is 0 Å². The highest BCUT2D eigenvalue weighted by molar-refractivity contribution is 5.97. The summed E-state index contributed by atoms with van der Waals surface area (Å²) >= 11 is 0. The molecular weight excluding hydrogens is 306 g/mol. The van der Waals surface area contributed by atoms with Crippen LogP contribution in [0, 0.1) is 6.92 Å². The number of hydrogen-bond acceptors (Lipinski definition) is 4. The van der Waals surface area contributed by atoms with E-state index >= 15 is 0 Å². The lowest BCUT2D eigenvalue weighted by molar-refractivity contribution is -0.138. The quantitative estimate of drug-likeness (QED) is 0.857. The van der Waals surface area contributed by atoms with Crippen molar-refractivity contribution >= 4 is 17.5 Å². The number of hydrogen-bond donors (Lipinski definition) is 0. The Balaban J connectivity index is 1.54. The first-order valence-electron chi connectivity index (χ1n) is 7.81. The van der Waals surface area contributed by atoms with Crippen LogP contribution in [0.15, 0.2) is 48.8 Å². The second-order valence-corrected chi connectivity index (χ2v) is 5.67. The molecule has 0 radical (unpaired) electrons. The van der Waals surface area contributed by atoms with Gasteiger partial charge >= 0.3 is 0 Å². The van der Waals surface area contributed by atoms with Crippen molar-refractivity contribution in [2.24, 2.45) is 0 Å². The Bertz CT molecular complexity index is 716. The molecule has 1 aliphatic heterocycles. The number of ether oxygens (including phenoxy) is 1. The lowest BCUT2D eigenvalue weighted by atomic mass is 10.2. The van der Waals surface area contributed by atoms with Crippen LogP contribution >= 0.6 is 0 Å². The first-order valence-corrected chi connectivity index (χ1v) is 7.81. The second kappa shape index (κ2) is 7.12. The van der Waals surface area contributed by atoms with Crippen molar-refractivity contribution in [3.8, 4) is 5.75 Å². The summed E-state index contributed by atoms with van der Waals surface area (Å²) in [5.41, 5.74) is 1.89. The van der Waals surface area contributed by atoms with Crippen LogP contribution in [0.5, 0.6) is 5.75 Å². The fourth-order valence-electron chi connectivity index (χ4n) is 2.54. The average molecular weight is 325 g/mol. The summed E-state index contributed by atoms with van der Waals surface area (Å²) in [6.45, 7) is 2.92. The Kier molecular flexibility index (Phi) is 4.74. The molecule has 0 saturated carbocycles. The maximum atomic E-state index is 12.3. The molecule has 1 saturated heterocycles. The minimum atomic E-state index is -0.185.